The summed E-state index contributed by atoms with van der Waals surface area (Å²) in [6, 6.07) is 6.08. The molecule has 3 heteroatoms. The Labute approximate surface area is 108 Å². The van der Waals surface area contributed by atoms with Crippen LogP contribution in [0.2, 0.25) is 5.02 Å². The first-order valence-corrected chi connectivity index (χ1v) is 7.11. The molecule has 0 amide bonds. The van der Waals surface area contributed by atoms with Crippen LogP contribution in [0.15, 0.2) is 23.1 Å². The van der Waals surface area contributed by atoms with Crippen LogP contribution in [0.5, 0.6) is 0 Å². The van der Waals surface area contributed by atoms with Gasteiger partial charge in [0.15, 0.2) is 0 Å². The quantitative estimate of drug-likeness (QED) is 0.781. The molecule has 2 N–H and O–H groups in total. The summed E-state index contributed by atoms with van der Waals surface area (Å²) in [7, 11) is 0. The molecule has 0 aliphatic carbocycles. The van der Waals surface area contributed by atoms with Crippen LogP contribution in [0.4, 0.5) is 0 Å². The molecule has 0 aliphatic heterocycles. The molecule has 0 atom stereocenters. The minimum absolute atomic E-state index is 0.679. The van der Waals surface area contributed by atoms with E-state index in [1.54, 1.807) is 0 Å². The van der Waals surface area contributed by atoms with E-state index in [0.717, 1.165) is 23.1 Å². The summed E-state index contributed by atoms with van der Waals surface area (Å²) in [5.74, 6) is 1.87. The minimum atomic E-state index is 0.679. The number of benzene rings is 1. The number of hydrogen-bond donors (Lipinski definition) is 1. The fraction of sp³-hybridized carbons (Fsp3) is 0.538. The lowest BCUT2D eigenvalue weighted by molar-refractivity contribution is 0.632. The van der Waals surface area contributed by atoms with E-state index in [0.29, 0.717) is 6.54 Å². The molecule has 0 fully saturated rings. The highest BCUT2D eigenvalue weighted by molar-refractivity contribution is 7.99. The Kier molecular flexibility index (Phi) is 6.25. The average Bonchev–Trinajstić information content (AvgIpc) is 2.22. The monoisotopic (exact) mass is 257 g/mol. The van der Waals surface area contributed by atoms with E-state index < -0.39 is 0 Å². The minimum Gasteiger partial charge on any atom is -0.330 e. The third kappa shape index (κ3) is 4.36. The van der Waals surface area contributed by atoms with Gasteiger partial charge in [-0.15, -0.1) is 11.8 Å². The maximum atomic E-state index is 6.22. The summed E-state index contributed by atoms with van der Waals surface area (Å²) in [6.07, 6.45) is 2.13. The van der Waals surface area contributed by atoms with Crippen molar-refractivity contribution in [3.63, 3.8) is 0 Å². The van der Waals surface area contributed by atoms with E-state index in [2.05, 4.69) is 19.9 Å². The zero-order chi connectivity index (χ0) is 12.0. The molecule has 0 aromatic heterocycles. The molecule has 0 heterocycles. The summed E-state index contributed by atoms with van der Waals surface area (Å²) in [5, 5.41) is 0.861. The normalized spacial score (nSPS) is 11.1. The van der Waals surface area contributed by atoms with Crippen LogP contribution in [0.25, 0.3) is 0 Å². The predicted molar refractivity (Wildman–Crippen MR) is 74.4 cm³/mol. The lowest BCUT2D eigenvalue weighted by Gasteiger charge is -2.11. The molecule has 0 unspecified atom stereocenters. The van der Waals surface area contributed by atoms with Crippen LogP contribution >= 0.6 is 23.4 Å². The van der Waals surface area contributed by atoms with E-state index in [1.165, 1.54) is 16.9 Å². The predicted octanol–water partition coefficient (Wildman–Crippen LogP) is 3.98. The number of thioether (sulfide) groups is 1. The largest absolute Gasteiger partial charge is 0.330 e. The van der Waals surface area contributed by atoms with Gasteiger partial charge in [0.1, 0.15) is 0 Å². The maximum Gasteiger partial charge on any atom is 0.0544 e. The van der Waals surface area contributed by atoms with Crippen molar-refractivity contribution in [3.05, 3.63) is 28.8 Å². The lowest BCUT2D eigenvalue weighted by atomic mass is 10.1. The van der Waals surface area contributed by atoms with Gasteiger partial charge in [-0.2, -0.15) is 0 Å². The lowest BCUT2D eigenvalue weighted by Crippen LogP contribution is -2.04. The SMILES string of the molecule is CC(C)CCSc1c(Cl)cccc1CCN. The van der Waals surface area contributed by atoms with E-state index >= 15 is 0 Å². The van der Waals surface area contributed by atoms with E-state index in [-0.39, 0.29) is 0 Å². The second-order valence-electron chi connectivity index (χ2n) is 4.30. The van der Waals surface area contributed by atoms with Crippen molar-refractivity contribution in [2.24, 2.45) is 11.7 Å². The second-order valence-corrected chi connectivity index (χ2v) is 5.81. The Morgan fingerprint density at radius 2 is 2.12 bits per heavy atom. The molecule has 1 nitrogen and oxygen atoms in total. The summed E-state index contributed by atoms with van der Waals surface area (Å²) in [4.78, 5) is 1.22. The Morgan fingerprint density at radius 3 is 2.75 bits per heavy atom. The second kappa shape index (κ2) is 7.21. The smallest absolute Gasteiger partial charge is 0.0544 e. The Balaban J connectivity index is 2.68. The molecule has 90 valence electrons. The van der Waals surface area contributed by atoms with Gasteiger partial charge in [-0.05, 0) is 42.7 Å². The van der Waals surface area contributed by atoms with E-state index in [1.807, 2.05) is 23.9 Å². The zero-order valence-electron chi connectivity index (χ0n) is 10.0. The van der Waals surface area contributed by atoms with Gasteiger partial charge in [0.25, 0.3) is 0 Å². The number of nitrogens with two attached hydrogens (primary N) is 1. The first-order valence-electron chi connectivity index (χ1n) is 5.75. The number of halogens is 1. The summed E-state index contributed by atoms with van der Waals surface area (Å²) in [6.45, 7) is 5.17. The van der Waals surface area contributed by atoms with Crippen LogP contribution in [-0.4, -0.2) is 12.3 Å². The standard InChI is InChI=1S/C13H20ClNS/c1-10(2)7-9-16-13-11(6-8-15)4-3-5-12(13)14/h3-5,10H,6-9,15H2,1-2H3. The molecule has 0 radical (unpaired) electrons. The molecule has 0 bridgehead atoms. The Bertz CT molecular complexity index is 326. The number of hydrogen-bond acceptors (Lipinski definition) is 2. The number of rotatable bonds is 6. The van der Waals surface area contributed by atoms with E-state index in [4.69, 9.17) is 17.3 Å². The van der Waals surface area contributed by atoms with Crippen LogP contribution in [0.1, 0.15) is 25.8 Å². The molecule has 0 aliphatic rings. The van der Waals surface area contributed by atoms with Crippen LogP contribution in [-0.2, 0) is 6.42 Å². The Morgan fingerprint density at radius 1 is 1.38 bits per heavy atom. The van der Waals surface area contributed by atoms with Crippen LogP contribution in [0, 0.1) is 5.92 Å². The molecule has 1 aromatic rings. The van der Waals surface area contributed by atoms with Gasteiger partial charge >= 0.3 is 0 Å². The Hall–Kier alpha value is -0.180. The summed E-state index contributed by atoms with van der Waals surface area (Å²) in [5.41, 5.74) is 6.89. The van der Waals surface area contributed by atoms with Crippen molar-refractivity contribution < 1.29 is 0 Å². The maximum absolute atomic E-state index is 6.22. The average molecular weight is 258 g/mol. The van der Waals surface area contributed by atoms with Gasteiger partial charge in [0, 0.05) is 4.90 Å². The highest BCUT2D eigenvalue weighted by atomic mass is 35.5. The fourth-order valence-corrected chi connectivity index (χ4v) is 3.18. The van der Waals surface area contributed by atoms with Crippen molar-refractivity contribution in [3.8, 4) is 0 Å². The molecule has 16 heavy (non-hydrogen) atoms. The molecule has 0 saturated carbocycles. The zero-order valence-corrected chi connectivity index (χ0v) is 11.6. The van der Waals surface area contributed by atoms with Crippen molar-refractivity contribution in [1.82, 2.24) is 0 Å². The van der Waals surface area contributed by atoms with Crippen LogP contribution in [0.3, 0.4) is 0 Å². The van der Waals surface area contributed by atoms with Crippen LogP contribution < -0.4 is 5.73 Å². The van der Waals surface area contributed by atoms with E-state index in [9.17, 15) is 0 Å². The van der Waals surface area contributed by atoms with Gasteiger partial charge in [-0.3, -0.25) is 0 Å². The molecule has 1 rings (SSSR count). The first kappa shape index (κ1) is 13.9. The van der Waals surface area contributed by atoms with Gasteiger partial charge in [0.05, 0.1) is 5.02 Å². The fourth-order valence-electron chi connectivity index (χ4n) is 1.46. The van der Waals surface area contributed by atoms with Crippen molar-refractivity contribution >= 4 is 23.4 Å². The first-order chi connectivity index (χ1) is 7.65. The molecule has 0 spiro atoms. The van der Waals surface area contributed by atoms with Crippen molar-refractivity contribution in [2.75, 3.05) is 12.3 Å². The third-order valence-electron chi connectivity index (χ3n) is 2.40. The third-order valence-corrected chi connectivity index (χ3v) is 4.04. The highest BCUT2D eigenvalue weighted by Gasteiger charge is 2.07. The highest BCUT2D eigenvalue weighted by Crippen LogP contribution is 2.31. The molecular formula is C13H20ClNS. The molecular weight excluding hydrogens is 238 g/mol. The van der Waals surface area contributed by atoms with Gasteiger partial charge < -0.3 is 5.73 Å². The van der Waals surface area contributed by atoms with Crippen molar-refractivity contribution in [2.45, 2.75) is 31.6 Å². The summed E-state index contributed by atoms with van der Waals surface area (Å²) < 4.78 is 0. The molecule has 1 aromatic carbocycles. The molecule has 0 saturated heterocycles. The topological polar surface area (TPSA) is 26.0 Å². The van der Waals surface area contributed by atoms with Gasteiger partial charge in [0.2, 0.25) is 0 Å². The summed E-state index contributed by atoms with van der Waals surface area (Å²) >= 11 is 8.07. The van der Waals surface area contributed by atoms with Gasteiger partial charge in [-0.1, -0.05) is 37.6 Å². The van der Waals surface area contributed by atoms with Crippen molar-refractivity contribution in [1.29, 1.82) is 0 Å². The van der Waals surface area contributed by atoms with Gasteiger partial charge in [-0.25, -0.2) is 0 Å².